The quantitative estimate of drug-likeness (QED) is 0.683. The van der Waals surface area contributed by atoms with Crippen molar-refractivity contribution in [3.05, 3.63) is 60.8 Å². The number of benzene rings is 2. The van der Waals surface area contributed by atoms with Crippen LogP contribution in [-0.4, -0.2) is 15.0 Å². The van der Waals surface area contributed by atoms with Gasteiger partial charge in [0.2, 0.25) is 0 Å². The summed E-state index contributed by atoms with van der Waals surface area (Å²) in [5, 5.41) is 8.37. The first-order chi connectivity index (χ1) is 8.83. The molecule has 0 spiro atoms. The van der Waals surface area contributed by atoms with Gasteiger partial charge in [-0.3, -0.25) is 0 Å². The van der Waals surface area contributed by atoms with Gasteiger partial charge in [0.15, 0.2) is 0 Å². The minimum absolute atomic E-state index is 0.900. The molecule has 1 aromatic heterocycles. The van der Waals surface area contributed by atoms with Crippen LogP contribution in [0.15, 0.2) is 60.8 Å². The van der Waals surface area contributed by atoms with Crippen molar-refractivity contribution in [2.45, 2.75) is 0 Å². The van der Waals surface area contributed by atoms with Crippen molar-refractivity contribution in [2.24, 2.45) is 7.05 Å². The zero-order valence-electron chi connectivity index (χ0n) is 10.1. The fraction of sp³-hybridized carbons (Fsp3) is 0.0667. The lowest BCUT2D eigenvalue weighted by molar-refractivity contribution is 0.655. The third-order valence-electron chi connectivity index (χ3n) is 2.89. The second-order valence-electron chi connectivity index (χ2n) is 4.16. The zero-order valence-corrected chi connectivity index (χ0v) is 10.1. The van der Waals surface area contributed by atoms with E-state index in [1.165, 1.54) is 11.1 Å². The van der Waals surface area contributed by atoms with Crippen LogP contribution >= 0.6 is 0 Å². The van der Waals surface area contributed by atoms with Crippen molar-refractivity contribution in [2.75, 3.05) is 0 Å². The molecule has 3 rings (SSSR count). The van der Waals surface area contributed by atoms with Crippen LogP contribution in [0.5, 0.6) is 0 Å². The van der Waals surface area contributed by atoms with Crippen LogP contribution in [0.2, 0.25) is 0 Å². The van der Waals surface area contributed by atoms with Gasteiger partial charge < -0.3 is 0 Å². The Morgan fingerprint density at radius 3 is 2.00 bits per heavy atom. The van der Waals surface area contributed by atoms with E-state index in [0.29, 0.717) is 0 Å². The summed E-state index contributed by atoms with van der Waals surface area (Å²) in [6.07, 6.45) is 1.78. The largest absolute Gasteiger partial charge is 0.187 e. The van der Waals surface area contributed by atoms with Crippen molar-refractivity contribution >= 4 is 0 Å². The highest BCUT2D eigenvalue weighted by atomic mass is 15.4. The van der Waals surface area contributed by atoms with Gasteiger partial charge in [0, 0.05) is 12.6 Å². The van der Waals surface area contributed by atoms with Gasteiger partial charge in [0.25, 0.3) is 0 Å². The van der Waals surface area contributed by atoms with Crippen LogP contribution in [0.3, 0.4) is 0 Å². The normalized spacial score (nSPS) is 10.5. The van der Waals surface area contributed by atoms with Gasteiger partial charge in [-0.25, -0.2) is 0 Å². The van der Waals surface area contributed by atoms with E-state index < -0.39 is 0 Å². The summed E-state index contributed by atoms with van der Waals surface area (Å²) in [4.78, 5) is 1.57. The van der Waals surface area contributed by atoms with Gasteiger partial charge in [-0.05, 0) is 11.1 Å². The summed E-state index contributed by atoms with van der Waals surface area (Å²) in [6, 6.07) is 18.7. The van der Waals surface area contributed by atoms with Gasteiger partial charge in [-0.1, -0.05) is 54.6 Å². The highest BCUT2D eigenvalue weighted by Crippen LogP contribution is 2.23. The number of hydrogen-bond acceptors (Lipinski definition) is 2. The lowest BCUT2D eigenvalue weighted by atomic mass is 10.0. The molecular weight excluding hydrogens is 222 g/mol. The Morgan fingerprint density at radius 1 is 0.778 bits per heavy atom. The standard InChI is InChI=1S/C15H13N3/c1-18-16-11-15(17-18)14-9-7-13(8-10-14)12-5-3-2-4-6-12/h2-11H,1H3. The highest BCUT2D eigenvalue weighted by Gasteiger charge is 2.02. The first-order valence-electron chi connectivity index (χ1n) is 5.85. The second kappa shape index (κ2) is 4.45. The molecule has 0 saturated heterocycles. The first kappa shape index (κ1) is 10.7. The van der Waals surface area contributed by atoms with Crippen LogP contribution in [0.1, 0.15) is 0 Å². The molecule has 18 heavy (non-hydrogen) atoms. The molecule has 0 amide bonds. The van der Waals surface area contributed by atoms with Gasteiger partial charge in [-0.15, -0.1) is 0 Å². The molecule has 3 aromatic rings. The molecule has 88 valence electrons. The zero-order chi connectivity index (χ0) is 12.4. The number of aromatic nitrogens is 3. The molecule has 0 aliphatic carbocycles. The third-order valence-corrected chi connectivity index (χ3v) is 2.89. The molecule has 3 heteroatoms. The van der Waals surface area contributed by atoms with Crippen molar-refractivity contribution in [3.8, 4) is 22.4 Å². The topological polar surface area (TPSA) is 30.7 Å². The molecular formula is C15H13N3. The van der Waals surface area contributed by atoms with Crippen LogP contribution in [0, 0.1) is 0 Å². The minimum Gasteiger partial charge on any atom is -0.187 e. The van der Waals surface area contributed by atoms with E-state index in [0.717, 1.165) is 11.3 Å². The molecule has 0 unspecified atom stereocenters. The number of nitrogens with zero attached hydrogens (tertiary/aromatic N) is 3. The Labute approximate surface area is 106 Å². The van der Waals surface area contributed by atoms with Crippen molar-refractivity contribution in [3.63, 3.8) is 0 Å². The van der Waals surface area contributed by atoms with E-state index in [1.807, 2.05) is 25.2 Å². The van der Waals surface area contributed by atoms with Gasteiger partial charge in [-0.2, -0.15) is 15.0 Å². The maximum absolute atomic E-state index is 4.29. The summed E-state index contributed by atoms with van der Waals surface area (Å²) < 4.78 is 0. The van der Waals surface area contributed by atoms with Crippen LogP contribution in [-0.2, 0) is 7.05 Å². The van der Waals surface area contributed by atoms with E-state index in [4.69, 9.17) is 0 Å². The second-order valence-corrected chi connectivity index (χ2v) is 4.16. The van der Waals surface area contributed by atoms with Crippen LogP contribution in [0.25, 0.3) is 22.4 Å². The summed E-state index contributed by atoms with van der Waals surface area (Å²) >= 11 is 0. The molecule has 0 aliphatic rings. The molecule has 0 saturated carbocycles. The Balaban J connectivity index is 1.94. The Kier molecular flexibility index (Phi) is 2.65. The van der Waals surface area contributed by atoms with Crippen LogP contribution in [0.4, 0.5) is 0 Å². The van der Waals surface area contributed by atoms with Gasteiger partial charge in [0.05, 0.1) is 6.20 Å². The van der Waals surface area contributed by atoms with E-state index in [-0.39, 0.29) is 0 Å². The number of hydrogen-bond donors (Lipinski definition) is 0. The molecule has 0 atom stereocenters. The average Bonchev–Trinajstić information content (AvgIpc) is 2.87. The lowest BCUT2D eigenvalue weighted by Crippen LogP contribution is -1.91. The van der Waals surface area contributed by atoms with E-state index in [1.54, 1.807) is 11.0 Å². The number of aryl methyl sites for hydroxylation is 1. The predicted octanol–water partition coefficient (Wildman–Crippen LogP) is 3.15. The van der Waals surface area contributed by atoms with Crippen LogP contribution < -0.4 is 0 Å². The molecule has 2 aromatic carbocycles. The average molecular weight is 235 g/mol. The molecule has 0 radical (unpaired) electrons. The monoisotopic (exact) mass is 235 g/mol. The molecule has 0 fully saturated rings. The third kappa shape index (κ3) is 2.02. The van der Waals surface area contributed by atoms with E-state index >= 15 is 0 Å². The summed E-state index contributed by atoms with van der Waals surface area (Å²) in [7, 11) is 1.82. The Bertz CT molecular complexity index is 639. The van der Waals surface area contributed by atoms with Crippen molar-refractivity contribution in [1.82, 2.24) is 15.0 Å². The molecule has 0 N–H and O–H groups in total. The molecule has 3 nitrogen and oxygen atoms in total. The summed E-state index contributed by atoms with van der Waals surface area (Å²) in [6.45, 7) is 0. The SMILES string of the molecule is Cn1ncc(-c2ccc(-c3ccccc3)cc2)n1. The maximum atomic E-state index is 4.29. The minimum atomic E-state index is 0.900. The van der Waals surface area contributed by atoms with Crippen molar-refractivity contribution < 1.29 is 0 Å². The maximum Gasteiger partial charge on any atom is 0.113 e. The van der Waals surface area contributed by atoms with Gasteiger partial charge >= 0.3 is 0 Å². The summed E-state index contributed by atoms with van der Waals surface area (Å²) in [5.74, 6) is 0. The fourth-order valence-electron chi connectivity index (χ4n) is 1.94. The molecule has 0 bridgehead atoms. The smallest absolute Gasteiger partial charge is 0.113 e. The predicted molar refractivity (Wildman–Crippen MR) is 71.9 cm³/mol. The van der Waals surface area contributed by atoms with Crippen molar-refractivity contribution in [1.29, 1.82) is 0 Å². The van der Waals surface area contributed by atoms with Gasteiger partial charge in [0.1, 0.15) is 5.69 Å². The van der Waals surface area contributed by atoms with E-state index in [2.05, 4.69) is 46.6 Å². The highest BCUT2D eigenvalue weighted by molar-refractivity contribution is 5.68. The fourth-order valence-corrected chi connectivity index (χ4v) is 1.94. The first-order valence-corrected chi connectivity index (χ1v) is 5.85. The summed E-state index contributed by atoms with van der Waals surface area (Å²) in [5.41, 5.74) is 4.42. The Hall–Kier alpha value is -2.42. The molecule has 1 heterocycles. The number of rotatable bonds is 2. The lowest BCUT2D eigenvalue weighted by Gasteiger charge is -2.02. The molecule has 0 aliphatic heterocycles. The Morgan fingerprint density at radius 2 is 1.39 bits per heavy atom. The van der Waals surface area contributed by atoms with E-state index in [9.17, 15) is 0 Å².